The monoisotopic (exact) mass is 433 g/mol. The highest BCUT2D eigenvalue weighted by molar-refractivity contribution is 7.88. The third-order valence-corrected chi connectivity index (χ3v) is 6.60. The van der Waals surface area contributed by atoms with E-state index in [0.717, 1.165) is 12.3 Å². The maximum absolute atomic E-state index is 13.4. The zero-order valence-corrected chi connectivity index (χ0v) is 16.8. The lowest BCUT2D eigenvalue weighted by molar-refractivity contribution is -0.155. The van der Waals surface area contributed by atoms with E-state index in [4.69, 9.17) is 11.6 Å². The summed E-state index contributed by atoms with van der Waals surface area (Å²) in [6.07, 6.45) is 1.44. The molecular formula is C17H21ClFN3O5S. The van der Waals surface area contributed by atoms with Crippen LogP contribution in [-0.4, -0.2) is 72.1 Å². The number of rotatable bonds is 5. The van der Waals surface area contributed by atoms with E-state index in [9.17, 15) is 27.5 Å². The van der Waals surface area contributed by atoms with Crippen LogP contribution in [0.3, 0.4) is 0 Å². The maximum atomic E-state index is 13.4. The average Bonchev–Trinajstić information content (AvgIpc) is 3.18. The average molecular weight is 434 g/mol. The van der Waals surface area contributed by atoms with Gasteiger partial charge in [-0.15, -0.1) is 0 Å². The van der Waals surface area contributed by atoms with Crippen molar-refractivity contribution in [3.63, 3.8) is 0 Å². The smallest absolute Gasteiger partial charge is 0.264 e. The lowest BCUT2D eigenvalue weighted by atomic mass is 10.0. The van der Waals surface area contributed by atoms with Gasteiger partial charge in [0.15, 0.2) is 0 Å². The maximum Gasteiger partial charge on any atom is 0.264 e. The van der Waals surface area contributed by atoms with Crippen LogP contribution in [0.1, 0.15) is 18.4 Å². The summed E-state index contributed by atoms with van der Waals surface area (Å²) in [5.41, 5.74) is -1.83. The van der Waals surface area contributed by atoms with E-state index in [1.54, 1.807) is 0 Å². The summed E-state index contributed by atoms with van der Waals surface area (Å²) in [5.74, 6) is -2.18. The molecule has 28 heavy (non-hydrogen) atoms. The van der Waals surface area contributed by atoms with Crippen molar-refractivity contribution in [1.29, 1.82) is 0 Å². The standard InChI is InChI=1S/C17H21ClFN3O5S/c1-28(26,27)21-4-2-14(10-21)22-5-3-17(25,16(22)24)15(23)20-9-11-6-12(18)8-13(19)7-11/h6-8,14,25H,2-5,9-10H2,1H3,(H,20,23)/t14-,17?/m0/s1. The van der Waals surface area contributed by atoms with E-state index in [-0.39, 0.29) is 43.7 Å². The molecule has 2 saturated heterocycles. The summed E-state index contributed by atoms with van der Waals surface area (Å²) in [7, 11) is -3.36. The SMILES string of the molecule is CS(=O)(=O)N1CC[C@H](N2CCC(O)(C(=O)NCc3cc(F)cc(Cl)c3)C2=O)C1. The Kier molecular flexibility index (Phi) is 5.68. The molecule has 2 N–H and O–H groups in total. The zero-order chi connectivity index (χ0) is 20.7. The van der Waals surface area contributed by atoms with Crippen LogP contribution < -0.4 is 5.32 Å². The summed E-state index contributed by atoms with van der Waals surface area (Å²) in [5, 5.41) is 13.2. The quantitative estimate of drug-likeness (QED) is 0.640. The van der Waals surface area contributed by atoms with Crippen LogP contribution in [-0.2, 0) is 26.2 Å². The number of sulfonamides is 1. The first-order valence-corrected chi connectivity index (χ1v) is 10.9. The molecule has 1 aromatic rings. The Morgan fingerprint density at radius 1 is 1.39 bits per heavy atom. The summed E-state index contributed by atoms with van der Waals surface area (Å²) in [6.45, 7) is 0.482. The van der Waals surface area contributed by atoms with Crippen LogP contribution in [0, 0.1) is 5.82 Å². The third kappa shape index (κ3) is 4.14. The normalized spacial score (nSPS) is 26.1. The van der Waals surface area contributed by atoms with Crippen molar-refractivity contribution in [2.45, 2.75) is 31.0 Å². The molecule has 0 bridgehead atoms. The number of hydrogen-bond donors (Lipinski definition) is 2. The number of nitrogens with zero attached hydrogens (tertiary/aromatic N) is 2. The van der Waals surface area contributed by atoms with E-state index in [0.29, 0.717) is 12.0 Å². The van der Waals surface area contributed by atoms with Gasteiger partial charge in [0.05, 0.1) is 6.26 Å². The molecule has 8 nitrogen and oxygen atoms in total. The Labute approximate surface area is 167 Å². The van der Waals surface area contributed by atoms with Gasteiger partial charge in [-0.25, -0.2) is 17.1 Å². The Morgan fingerprint density at radius 2 is 2.11 bits per heavy atom. The van der Waals surface area contributed by atoms with Crippen molar-refractivity contribution < 1.29 is 27.5 Å². The fraction of sp³-hybridized carbons (Fsp3) is 0.529. The third-order valence-electron chi connectivity index (χ3n) is 5.12. The number of carbonyl (C=O) groups is 2. The van der Waals surface area contributed by atoms with Gasteiger partial charge in [0, 0.05) is 43.7 Å². The fourth-order valence-corrected chi connectivity index (χ4v) is 4.72. The zero-order valence-electron chi connectivity index (χ0n) is 15.2. The first kappa shape index (κ1) is 21.0. The van der Waals surface area contributed by atoms with Crippen LogP contribution in [0.15, 0.2) is 18.2 Å². The molecular weight excluding hydrogens is 413 g/mol. The Bertz CT molecular complexity index is 892. The van der Waals surface area contributed by atoms with Gasteiger partial charge in [-0.1, -0.05) is 11.6 Å². The molecule has 11 heteroatoms. The molecule has 0 saturated carbocycles. The molecule has 2 fully saturated rings. The van der Waals surface area contributed by atoms with Gasteiger partial charge in [-0.2, -0.15) is 0 Å². The van der Waals surface area contributed by atoms with E-state index in [1.165, 1.54) is 21.3 Å². The fourth-order valence-electron chi connectivity index (χ4n) is 3.60. The molecule has 0 spiro atoms. The van der Waals surface area contributed by atoms with Crippen LogP contribution in [0.5, 0.6) is 0 Å². The Morgan fingerprint density at radius 3 is 2.71 bits per heavy atom. The van der Waals surface area contributed by atoms with Gasteiger partial charge >= 0.3 is 0 Å². The molecule has 3 rings (SSSR count). The second kappa shape index (κ2) is 7.58. The number of carbonyl (C=O) groups excluding carboxylic acids is 2. The molecule has 2 aliphatic rings. The number of benzene rings is 1. The molecule has 0 radical (unpaired) electrons. The first-order chi connectivity index (χ1) is 13.0. The predicted octanol–water partition coefficient (Wildman–Crippen LogP) is 0.0926. The van der Waals surface area contributed by atoms with Crippen molar-refractivity contribution >= 4 is 33.4 Å². The molecule has 1 unspecified atom stereocenters. The number of likely N-dealkylation sites (tertiary alicyclic amines) is 1. The highest BCUT2D eigenvalue weighted by Crippen LogP contribution is 2.29. The minimum absolute atomic E-state index is 0.100. The van der Waals surface area contributed by atoms with Crippen molar-refractivity contribution in [2.24, 2.45) is 0 Å². The number of amides is 2. The van der Waals surface area contributed by atoms with Crippen molar-refractivity contribution in [3.05, 3.63) is 34.6 Å². The van der Waals surface area contributed by atoms with E-state index >= 15 is 0 Å². The van der Waals surface area contributed by atoms with Gasteiger partial charge in [0.2, 0.25) is 15.6 Å². The Hall–Kier alpha value is -1.75. The van der Waals surface area contributed by atoms with Crippen LogP contribution in [0.25, 0.3) is 0 Å². The van der Waals surface area contributed by atoms with E-state index < -0.39 is 33.3 Å². The minimum atomic E-state index is -3.36. The number of halogens is 2. The molecule has 2 heterocycles. The predicted molar refractivity (Wildman–Crippen MR) is 99.4 cm³/mol. The van der Waals surface area contributed by atoms with Gasteiger partial charge in [-0.05, 0) is 30.2 Å². The first-order valence-electron chi connectivity index (χ1n) is 8.72. The molecule has 0 aliphatic carbocycles. The summed E-state index contributed by atoms with van der Waals surface area (Å²) in [6, 6.07) is 3.40. The molecule has 2 atom stereocenters. The number of hydrogen-bond acceptors (Lipinski definition) is 5. The summed E-state index contributed by atoms with van der Waals surface area (Å²) in [4.78, 5) is 26.5. The van der Waals surface area contributed by atoms with Crippen LogP contribution in [0.2, 0.25) is 5.02 Å². The molecule has 2 aliphatic heterocycles. The number of aliphatic hydroxyl groups is 1. The van der Waals surface area contributed by atoms with Gasteiger partial charge in [-0.3, -0.25) is 9.59 Å². The largest absolute Gasteiger partial charge is 0.372 e. The lowest BCUT2D eigenvalue weighted by Crippen LogP contribution is -2.53. The van der Waals surface area contributed by atoms with Crippen molar-refractivity contribution in [1.82, 2.24) is 14.5 Å². The van der Waals surface area contributed by atoms with Crippen LogP contribution in [0.4, 0.5) is 4.39 Å². The van der Waals surface area contributed by atoms with Gasteiger partial charge < -0.3 is 15.3 Å². The molecule has 1 aromatic carbocycles. The van der Waals surface area contributed by atoms with Crippen molar-refractivity contribution in [2.75, 3.05) is 25.9 Å². The van der Waals surface area contributed by atoms with Crippen LogP contribution >= 0.6 is 11.6 Å². The molecule has 2 amide bonds. The minimum Gasteiger partial charge on any atom is -0.372 e. The number of nitrogens with one attached hydrogen (secondary N) is 1. The van der Waals surface area contributed by atoms with Gasteiger partial charge in [0.1, 0.15) is 5.82 Å². The second-order valence-electron chi connectivity index (χ2n) is 7.13. The molecule has 0 aromatic heterocycles. The van der Waals surface area contributed by atoms with E-state index in [1.807, 2.05) is 0 Å². The lowest BCUT2D eigenvalue weighted by Gasteiger charge is -2.26. The highest BCUT2D eigenvalue weighted by atomic mass is 35.5. The topological polar surface area (TPSA) is 107 Å². The second-order valence-corrected chi connectivity index (χ2v) is 9.55. The molecule has 154 valence electrons. The van der Waals surface area contributed by atoms with E-state index in [2.05, 4.69) is 5.32 Å². The summed E-state index contributed by atoms with van der Waals surface area (Å²) < 4.78 is 38.0. The van der Waals surface area contributed by atoms with Gasteiger partial charge in [0.25, 0.3) is 11.8 Å². The van der Waals surface area contributed by atoms with Crippen molar-refractivity contribution in [3.8, 4) is 0 Å². The Balaban J connectivity index is 1.64. The highest BCUT2D eigenvalue weighted by Gasteiger charge is 2.53. The summed E-state index contributed by atoms with van der Waals surface area (Å²) >= 11 is 5.77.